The summed E-state index contributed by atoms with van der Waals surface area (Å²) in [6.45, 7) is 15.2. The molecule has 1 aromatic carbocycles. The average molecular weight is 558 g/mol. The van der Waals surface area contributed by atoms with Crippen molar-refractivity contribution in [2.45, 2.75) is 71.0 Å². The van der Waals surface area contributed by atoms with Crippen molar-refractivity contribution >= 4 is 23.2 Å². The summed E-state index contributed by atoms with van der Waals surface area (Å²) in [6.07, 6.45) is 2.04. The molecular formula is C30H43N3O5S. The van der Waals surface area contributed by atoms with Crippen molar-refractivity contribution in [3.8, 4) is 0 Å². The van der Waals surface area contributed by atoms with Crippen molar-refractivity contribution in [1.82, 2.24) is 14.8 Å². The SMILES string of the molecule is CC(C)c1nc(C(=O)N2CCOC3(CN(CCc4cccc(CCOCCC(=O)OC(C)(C)C)c4)C3)C2)cs1. The van der Waals surface area contributed by atoms with Crippen LogP contribution in [0.5, 0.6) is 0 Å². The molecule has 4 rings (SSSR count). The van der Waals surface area contributed by atoms with Crippen LogP contribution >= 0.6 is 11.3 Å². The van der Waals surface area contributed by atoms with Gasteiger partial charge in [0.15, 0.2) is 0 Å². The van der Waals surface area contributed by atoms with E-state index in [1.807, 2.05) is 31.1 Å². The first-order valence-corrected chi connectivity index (χ1v) is 14.9. The molecule has 2 aliphatic heterocycles. The Balaban J connectivity index is 1.16. The maximum Gasteiger partial charge on any atom is 0.308 e. The van der Waals surface area contributed by atoms with Crippen LogP contribution < -0.4 is 0 Å². The molecule has 0 saturated carbocycles. The fraction of sp³-hybridized carbons (Fsp3) is 0.633. The van der Waals surface area contributed by atoms with Gasteiger partial charge < -0.3 is 19.1 Å². The number of amides is 1. The fourth-order valence-corrected chi connectivity index (χ4v) is 5.83. The Hall–Kier alpha value is -2.33. The number of carbonyl (C=O) groups is 2. The first kappa shape index (κ1) is 29.6. The van der Waals surface area contributed by atoms with Gasteiger partial charge in [0.1, 0.15) is 16.9 Å². The maximum atomic E-state index is 13.1. The van der Waals surface area contributed by atoms with E-state index in [2.05, 4.69) is 48.0 Å². The highest BCUT2D eigenvalue weighted by atomic mass is 32.1. The number of hydrogen-bond donors (Lipinski definition) is 0. The van der Waals surface area contributed by atoms with Crippen LogP contribution in [0.2, 0.25) is 0 Å². The quantitative estimate of drug-likeness (QED) is 0.301. The number of esters is 1. The van der Waals surface area contributed by atoms with Gasteiger partial charge in [-0.05, 0) is 44.7 Å². The van der Waals surface area contributed by atoms with Crippen LogP contribution in [0.1, 0.15) is 73.6 Å². The molecule has 0 radical (unpaired) electrons. The third kappa shape index (κ3) is 8.58. The van der Waals surface area contributed by atoms with Crippen molar-refractivity contribution in [2.75, 3.05) is 52.5 Å². The highest BCUT2D eigenvalue weighted by Gasteiger charge is 2.48. The molecule has 39 heavy (non-hydrogen) atoms. The first-order valence-electron chi connectivity index (χ1n) is 14.0. The molecule has 0 unspecified atom stereocenters. The van der Waals surface area contributed by atoms with Gasteiger partial charge in [-0.25, -0.2) is 4.98 Å². The molecule has 1 amide bonds. The molecule has 0 N–H and O–H groups in total. The third-order valence-electron chi connectivity index (χ3n) is 6.91. The zero-order chi connectivity index (χ0) is 28.0. The maximum absolute atomic E-state index is 13.1. The molecule has 0 bridgehead atoms. The Bertz CT molecular complexity index is 1120. The topological polar surface area (TPSA) is 81.2 Å². The van der Waals surface area contributed by atoms with Crippen LogP contribution in [0.3, 0.4) is 0 Å². The van der Waals surface area contributed by atoms with Crippen LogP contribution in [0, 0.1) is 0 Å². The Morgan fingerprint density at radius 1 is 1.13 bits per heavy atom. The lowest BCUT2D eigenvalue weighted by Gasteiger charge is -2.54. The number of likely N-dealkylation sites (tertiary alicyclic amines) is 1. The number of ether oxygens (including phenoxy) is 3. The first-order chi connectivity index (χ1) is 18.5. The normalized spacial score (nSPS) is 17.4. The van der Waals surface area contributed by atoms with Crippen LogP contribution in [-0.2, 0) is 31.8 Å². The van der Waals surface area contributed by atoms with Gasteiger partial charge in [-0.15, -0.1) is 11.3 Å². The summed E-state index contributed by atoms with van der Waals surface area (Å²) < 4.78 is 17.1. The molecule has 9 heteroatoms. The van der Waals surface area contributed by atoms with Crippen LogP contribution in [0.15, 0.2) is 29.6 Å². The minimum Gasteiger partial charge on any atom is -0.460 e. The number of thiazole rings is 1. The number of nitrogens with zero attached hydrogens (tertiary/aromatic N) is 3. The van der Waals surface area contributed by atoms with E-state index in [0.29, 0.717) is 44.5 Å². The molecule has 1 spiro atoms. The van der Waals surface area contributed by atoms with Gasteiger partial charge in [-0.2, -0.15) is 0 Å². The summed E-state index contributed by atoms with van der Waals surface area (Å²) in [5.74, 6) is 0.123. The molecule has 3 heterocycles. The van der Waals surface area contributed by atoms with Crippen molar-refractivity contribution in [3.63, 3.8) is 0 Å². The largest absolute Gasteiger partial charge is 0.460 e. The molecular weight excluding hydrogens is 514 g/mol. The average Bonchev–Trinajstić information content (AvgIpc) is 3.36. The molecule has 2 aromatic rings. The molecule has 0 aliphatic carbocycles. The van der Waals surface area contributed by atoms with Gasteiger partial charge in [0.25, 0.3) is 5.91 Å². The Labute approximate surface area is 236 Å². The second-order valence-corrected chi connectivity index (χ2v) is 12.9. The monoisotopic (exact) mass is 557 g/mol. The second kappa shape index (κ2) is 12.9. The zero-order valence-corrected chi connectivity index (χ0v) is 24.8. The highest BCUT2D eigenvalue weighted by molar-refractivity contribution is 7.09. The van der Waals surface area contributed by atoms with E-state index < -0.39 is 5.60 Å². The predicted molar refractivity (Wildman–Crippen MR) is 152 cm³/mol. The number of morpholine rings is 1. The smallest absolute Gasteiger partial charge is 0.308 e. The van der Waals surface area contributed by atoms with E-state index >= 15 is 0 Å². The number of hydrogen-bond acceptors (Lipinski definition) is 8. The van der Waals surface area contributed by atoms with E-state index in [0.717, 1.165) is 37.5 Å². The molecule has 0 atom stereocenters. The van der Waals surface area contributed by atoms with Gasteiger partial charge in [0, 0.05) is 37.5 Å². The Morgan fingerprint density at radius 3 is 2.56 bits per heavy atom. The lowest BCUT2D eigenvalue weighted by molar-refractivity contribution is -0.176. The lowest BCUT2D eigenvalue weighted by atomic mass is 9.91. The van der Waals surface area contributed by atoms with Crippen molar-refractivity contribution in [1.29, 1.82) is 0 Å². The van der Waals surface area contributed by atoms with Crippen molar-refractivity contribution < 1.29 is 23.8 Å². The van der Waals surface area contributed by atoms with Crippen molar-refractivity contribution in [2.24, 2.45) is 0 Å². The Kier molecular flexibility index (Phi) is 9.80. The van der Waals surface area contributed by atoms with Crippen LogP contribution in [0.4, 0.5) is 0 Å². The lowest BCUT2D eigenvalue weighted by Crippen LogP contribution is -2.70. The minimum absolute atomic E-state index is 0.0184. The summed E-state index contributed by atoms with van der Waals surface area (Å²) in [7, 11) is 0. The minimum atomic E-state index is -0.462. The summed E-state index contributed by atoms with van der Waals surface area (Å²) >= 11 is 1.56. The molecule has 8 nitrogen and oxygen atoms in total. The van der Waals surface area contributed by atoms with E-state index in [1.54, 1.807) is 11.3 Å². The van der Waals surface area contributed by atoms with Gasteiger partial charge >= 0.3 is 5.97 Å². The summed E-state index contributed by atoms with van der Waals surface area (Å²) in [6, 6.07) is 8.62. The third-order valence-corrected chi connectivity index (χ3v) is 8.05. The highest BCUT2D eigenvalue weighted by Crippen LogP contribution is 2.30. The van der Waals surface area contributed by atoms with Gasteiger partial charge in [0.05, 0.1) is 37.8 Å². The number of rotatable bonds is 11. The Morgan fingerprint density at radius 2 is 1.87 bits per heavy atom. The number of carbonyl (C=O) groups excluding carboxylic acids is 2. The molecule has 214 valence electrons. The van der Waals surface area contributed by atoms with Crippen LogP contribution in [0.25, 0.3) is 0 Å². The summed E-state index contributed by atoms with van der Waals surface area (Å²) in [5.41, 5.74) is 2.37. The molecule has 1 aromatic heterocycles. The van der Waals surface area contributed by atoms with Gasteiger partial charge in [-0.1, -0.05) is 38.1 Å². The van der Waals surface area contributed by atoms with E-state index in [4.69, 9.17) is 14.2 Å². The van der Waals surface area contributed by atoms with Gasteiger partial charge in [0.2, 0.25) is 0 Å². The summed E-state index contributed by atoms with van der Waals surface area (Å²) in [4.78, 5) is 33.7. The molecule has 2 aliphatic rings. The van der Waals surface area contributed by atoms with Gasteiger partial charge in [-0.3, -0.25) is 14.5 Å². The second-order valence-electron chi connectivity index (χ2n) is 12.0. The number of benzene rings is 1. The molecule has 2 saturated heterocycles. The van der Waals surface area contributed by atoms with E-state index in [9.17, 15) is 9.59 Å². The van der Waals surface area contributed by atoms with E-state index in [1.165, 1.54) is 11.1 Å². The van der Waals surface area contributed by atoms with E-state index in [-0.39, 0.29) is 23.9 Å². The predicted octanol–water partition coefficient (Wildman–Crippen LogP) is 4.33. The van der Waals surface area contributed by atoms with Crippen LogP contribution in [-0.4, -0.2) is 90.4 Å². The number of aromatic nitrogens is 1. The zero-order valence-electron chi connectivity index (χ0n) is 24.0. The van der Waals surface area contributed by atoms with Crippen molar-refractivity contribution in [3.05, 3.63) is 51.5 Å². The molecule has 2 fully saturated rings. The fourth-order valence-electron chi connectivity index (χ4n) is 5.02. The summed E-state index contributed by atoms with van der Waals surface area (Å²) in [5, 5.41) is 2.89. The standard InChI is InChI=1S/C30H43N3O5S/c1-22(2)27-31-25(18-39-27)28(35)33-13-16-37-30(21-33)19-32(20-30)12-9-23-7-6-8-24(17-23)10-14-36-15-11-26(34)38-29(3,4)5/h6-8,17-18,22H,9-16,19-21H2,1-5H3.